The van der Waals surface area contributed by atoms with E-state index in [1.807, 2.05) is 24.3 Å². The van der Waals surface area contributed by atoms with Gasteiger partial charge in [-0.15, -0.1) is 0 Å². The molecule has 0 radical (unpaired) electrons. The molecular weight excluding hydrogens is 896 g/mol. The van der Waals surface area contributed by atoms with Gasteiger partial charge in [-0.1, -0.05) is 263 Å². The van der Waals surface area contributed by atoms with Crippen LogP contribution in [0.4, 0.5) is 0 Å². The van der Waals surface area contributed by atoms with Crippen molar-refractivity contribution in [1.29, 1.82) is 0 Å². The quantitative estimate of drug-likeness (QED) is 0.162. The molecule has 68 heavy (non-hydrogen) atoms. The molecule has 0 aromatic heterocycles. The van der Waals surface area contributed by atoms with E-state index in [0.29, 0.717) is 0 Å². The summed E-state index contributed by atoms with van der Waals surface area (Å²) >= 11 is 0. The van der Waals surface area contributed by atoms with E-state index < -0.39 is 43.1 Å². The van der Waals surface area contributed by atoms with E-state index in [0.717, 1.165) is 21.2 Å². The van der Waals surface area contributed by atoms with Crippen LogP contribution < -0.4 is 80.8 Å². The molecule has 0 atom stereocenters. The van der Waals surface area contributed by atoms with Gasteiger partial charge in [-0.2, -0.15) is 0 Å². The van der Waals surface area contributed by atoms with Gasteiger partial charge in [-0.25, -0.2) is 21.9 Å². The minimum atomic E-state index is -2.77. The molecule has 4 aromatic carbocycles. The fourth-order valence-electron chi connectivity index (χ4n) is 12.0. The normalized spacial score (nSPS) is 14.0. The molecule has 4 aromatic rings. The molecule has 0 aliphatic rings. The van der Waals surface area contributed by atoms with Crippen LogP contribution in [0.3, 0.4) is 0 Å². The molecular formula is C56H92B2Li2O4P4. The Morgan fingerprint density at radius 2 is 0.368 bits per heavy atom. The number of hydrogen-bond donors (Lipinski definition) is 0. The number of hydrogen-bond acceptors (Lipinski definition) is 4. The van der Waals surface area contributed by atoms with E-state index >= 15 is 0 Å². The molecule has 0 spiro atoms. The smallest absolute Gasteiger partial charge is 0.318 e. The molecule has 0 amide bonds. The summed E-state index contributed by atoms with van der Waals surface area (Å²) in [4.78, 5) is 0. The van der Waals surface area contributed by atoms with E-state index in [4.69, 9.17) is 0 Å². The first-order valence-corrected chi connectivity index (χ1v) is 31.6. The minimum Gasteiger partial charge on any atom is -0.318 e. The molecule has 0 aliphatic heterocycles. The van der Waals surface area contributed by atoms with Crippen molar-refractivity contribution >= 4 is 86.2 Å². The molecule has 0 heterocycles. The minimum absolute atomic E-state index is 0. The first-order chi connectivity index (χ1) is 29.4. The van der Waals surface area contributed by atoms with Gasteiger partial charge < -0.3 is 18.3 Å². The summed E-state index contributed by atoms with van der Waals surface area (Å²) in [6.07, 6.45) is 0. The van der Waals surface area contributed by atoms with Gasteiger partial charge >= 0.3 is 37.7 Å². The maximum Gasteiger partial charge on any atom is 1.00 e. The Bertz CT molecular complexity index is 2120. The Morgan fingerprint density at radius 1 is 0.250 bits per heavy atom. The summed E-state index contributed by atoms with van der Waals surface area (Å²) in [7, 11) is -12.8. The topological polar surface area (TPSA) is 68.3 Å². The van der Waals surface area contributed by atoms with Crippen LogP contribution in [0.1, 0.15) is 166 Å². The first kappa shape index (κ1) is 65.1. The van der Waals surface area contributed by atoms with Gasteiger partial charge in [0.1, 0.15) is 28.6 Å². The summed E-state index contributed by atoms with van der Waals surface area (Å²) in [6, 6.07) is 33.4. The average molecular weight is 989 g/mol. The molecule has 0 saturated heterocycles. The fourth-order valence-corrected chi connectivity index (χ4v) is 29.8. The third-order valence-corrected chi connectivity index (χ3v) is 34.3. The van der Waals surface area contributed by atoms with Crippen molar-refractivity contribution in [3.63, 3.8) is 0 Å². The van der Waals surface area contributed by atoms with Crippen molar-refractivity contribution in [2.45, 2.75) is 207 Å². The monoisotopic (exact) mass is 989 g/mol. The summed E-state index contributed by atoms with van der Waals surface area (Å²) in [5.74, 6) is 0. The molecule has 12 heteroatoms. The summed E-state index contributed by atoms with van der Waals surface area (Å²) in [5, 5.41) is 1.28. The molecule has 0 aliphatic carbocycles. The molecule has 0 fully saturated rings. The second-order valence-electron chi connectivity index (χ2n) is 27.4. The van der Waals surface area contributed by atoms with Crippen molar-refractivity contribution in [1.82, 2.24) is 0 Å². The molecule has 0 N–H and O–H groups in total. The van der Waals surface area contributed by atoms with Gasteiger partial charge in [-0.05, 0) is 21.2 Å². The summed E-state index contributed by atoms with van der Waals surface area (Å²) in [6.45, 7) is 50.6. The van der Waals surface area contributed by atoms with Crippen molar-refractivity contribution in [2.75, 3.05) is 0 Å². The fraction of sp³-hybridized carbons (Fsp3) is 0.571. The standard InChI is InChI=1S/2C28H46BO2P2.2Li/c2*1-25(2,3)32(30,26(4,5)6)23-19-15-13-17-21(23)29-22-18-14-16-20-24(22)33(31,27(7,8)9)28(10,11)12;;/h2*13-20H,29H2,1-12H3;;/q2*-1;2*+1. The largest absolute Gasteiger partial charge is 1.00 e. The van der Waals surface area contributed by atoms with Gasteiger partial charge in [0.25, 0.3) is 0 Å². The third-order valence-electron chi connectivity index (χ3n) is 14.5. The third kappa shape index (κ3) is 12.4. The van der Waals surface area contributed by atoms with Crippen LogP contribution in [-0.2, 0) is 18.3 Å². The van der Waals surface area contributed by atoms with Gasteiger partial charge in [0.15, 0.2) is 0 Å². The molecule has 368 valence electrons. The van der Waals surface area contributed by atoms with E-state index in [-0.39, 0.29) is 79.0 Å². The average Bonchev–Trinajstić information content (AvgIpc) is 3.14. The first-order valence-electron chi connectivity index (χ1n) is 24.7. The Kier molecular flexibility index (Phi) is 21.0. The van der Waals surface area contributed by atoms with E-state index in [2.05, 4.69) is 239 Å². The predicted octanol–water partition coefficient (Wildman–Crippen LogP) is 5.96. The van der Waals surface area contributed by atoms with Gasteiger partial charge in [-0.3, -0.25) is 0 Å². The van der Waals surface area contributed by atoms with Crippen molar-refractivity contribution < 1.29 is 56.0 Å². The van der Waals surface area contributed by atoms with Crippen LogP contribution in [0.5, 0.6) is 0 Å². The van der Waals surface area contributed by atoms with Crippen molar-refractivity contribution in [3.05, 3.63) is 97.1 Å². The van der Waals surface area contributed by atoms with Crippen LogP contribution in [-0.4, -0.2) is 55.8 Å². The Hall–Kier alpha value is -0.875. The summed E-state index contributed by atoms with van der Waals surface area (Å²) < 4.78 is 59.3. The molecule has 0 saturated carbocycles. The maximum atomic E-state index is 14.8. The molecule has 0 bridgehead atoms. The zero-order valence-electron chi connectivity index (χ0n) is 48.7. The van der Waals surface area contributed by atoms with Gasteiger partial charge in [0.2, 0.25) is 0 Å². The second kappa shape index (κ2) is 21.9. The SMILES string of the molecule is CC(C)(C)P(=O)(c1ccccc1[BH2-]c1ccccc1P(=O)(C(C)(C)C)C(C)(C)C)C(C)(C)C.CC(C)(C)P(=O)(c1ccccc1[BH2-]c1ccccc1P(=O)(C(C)(C)C)C(C)(C)C)C(C)(C)C.[Li+].[Li+]. The molecule has 0 unspecified atom stereocenters. The van der Waals surface area contributed by atoms with Crippen LogP contribution >= 0.6 is 28.6 Å². The maximum absolute atomic E-state index is 14.8. The van der Waals surface area contributed by atoms with Gasteiger partial charge in [0.05, 0.1) is 0 Å². The Labute approximate surface area is 443 Å². The Morgan fingerprint density at radius 3 is 0.485 bits per heavy atom. The van der Waals surface area contributed by atoms with Crippen molar-refractivity contribution in [2.24, 2.45) is 0 Å². The van der Waals surface area contributed by atoms with E-state index in [9.17, 15) is 18.3 Å². The zero-order valence-corrected chi connectivity index (χ0v) is 52.2. The number of rotatable bonds is 8. The van der Waals surface area contributed by atoms with Crippen LogP contribution in [0, 0.1) is 0 Å². The second-order valence-corrected chi connectivity index (χ2v) is 45.0. The molecule has 4 nitrogen and oxygen atoms in total. The zero-order chi connectivity index (χ0) is 51.3. The molecule has 4 rings (SSSR count). The Balaban J connectivity index is 0.000000661. The number of benzene rings is 4. The predicted molar refractivity (Wildman–Crippen MR) is 308 cm³/mol. The van der Waals surface area contributed by atoms with E-state index in [1.54, 1.807) is 0 Å². The van der Waals surface area contributed by atoms with Gasteiger partial charge in [0, 0.05) is 55.8 Å². The van der Waals surface area contributed by atoms with Crippen LogP contribution in [0.2, 0.25) is 0 Å². The summed E-state index contributed by atoms with van der Waals surface area (Å²) in [5.41, 5.74) is 4.81. The van der Waals surface area contributed by atoms with Crippen molar-refractivity contribution in [3.8, 4) is 0 Å². The van der Waals surface area contributed by atoms with E-state index in [1.165, 1.54) is 21.9 Å². The van der Waals surface area contributed by atoms with Crippen LogP contribution in [0.25, 0.3) is 0 Å². The van der Waals surface area contributed by atoms with Crippen LogP contribution in [0.15, 0.2) is 97.1 Å².